The summed E-state index contributed by atoms with van der Waals surface area (Å²) in [7, 11) is 0. The summed E-state index contributed by atoms with van der Waals surface area (Å²) in [5, 5.41) is 22.8. The monoisotopic (exact) mass is 526 g/mol. The maximum atomic E-state index is 10.3. The van der Waals surface area contributed by atoms with E-state index in [2.05, 4.69) is 19.8 Å². The molecule has 4 aromatic rings. The number of nitrogens with one attached hydrogen (secondary N) is 2. The third-order valence-corrected chi connectivity index (χ3v) is 4.55. The topological polar surface area (TPSA) is 112 Å². The number of aromatic nitrogens is 2. The number of aromatic amines is 2. The number of carboxylic acid groups (broad SMARTS) is 2. The van der Waals surface area contributed by atoms with Crippen LogP contribution in [0.5, 0.6) is 0 Å². The van der Waals surface area contributed by atoms with Crippen molar-refractivity contribution in [2.75, 3.05) is 0 Å². The van der Waals surface area contributed by atoms with E-state index in [9.17, 15) is 19.8 Å². The minimum atomic E-state index is -1.00. The van der Waals surface area contributed by atoms with Crippen molar-refractivity contribution >= 4 is 54.9 Å². The van der Waals surface area contributed by atoms with E-state index in [0.29, 0.717) is 12.8 Å². The van der Waals surface area contributed by atoms with Crippen LogP contribution < -0.4 is 10.2 Å². The van der Waals surface area contributed by atoms with Gasteiger partial charge in [-0.05, 0) is 48.9 Å². The summed E-state index contributed by atoms with van der Waals surface area (Å²) >= 11 is 0.230. The number of para-hydroxylation sites is 2. The van der Waals surface area contributed by atoms with Crippen LogP contribution >= 0.6 is 0 Å². The van der Waals surface area contributed by atoms with Gasteiger partial charge in [-0.3, -0.25) is 0 Å². The van der Waals surface area contributed by atoms with Gasteiger partial charge in [0.1, 0.15) is 0 Å². The number of aliphatic carboxylic acids is 2. The second-order valence-electron chi connectivity index (χ2n) is 6.96. The first-order chi connectivity index (χ1) is 15.0. The van der Waals surface area contributed by atoms with Crippen LogP contribution in [-0.4, -0.2) is 43.0 Å². The normalized spacial score (nSPS) is 9.87. The van der Waals surface area contributed by atoms with E-state index in [0.717, 1.165) is 32.9 Å². The van der Waals surface area contributed by atoms with Crippen LogP contribution in [0.25, 0.3) is 21.8 Å². The fourth-order valence-corrected chi connectivity index (χ4v) is 3.15. The first-order valence-corrected chi connectivity index (χ1v) is 15.7. The number of H-pyrrole nitrogens is 2. The van der Waals surface area contributed by atoms with Gasteiger partial charge in [0.05, 0.1) is 0 Å². The summed E-state index contributed by atoms with van der Waals surface area (Å²) < 4.78 is 0. The molecular formula is C24H26N2O4Sn. The van der Waals surface area contributed by atoms with Crippen LogP contribution in [0.2, 0.25) is 9.88 Å². The zero-order chi connectivity index (χ0) is 22.6. The van der Waals surface area contributed by atoms with E-state index in [4.69, 9.17) is 0 Å². The summed E-state index contributed by atoms with van der Waals surface area (Å²) in [5.41, 5.74) is 4.15. The van der Waals surface area contributed by atoms with E-state index in [-0.39, 0.29) is 34.0 Å². The molecule has 2 heterocycles. The number of carbonyl (C=O) groups is 2. The Kier molecular flexibility index (Phi) is 10.2. The van der Waals surface area contributed by atoms with Crippen molar-refractivity contribution in [3.8, 4) is 0 Å². The molecule has 0 bridgehead atoms. The van der Waals surface area contributed by atoms with Crippen LogP contribution in [0.15, 0.2) is 60.9 Å². The minimum absolute atomic E-state index is 0.0713. The second kappa shape index (κ2) is 12.8. The molecule has 2 aromatic carbocycles. The van der Waals surface area contributed by atoms with Gasteiger partial charge in [-0.2, -0.15) is 0 Å². The molecule has 31 heavy (non-hydrogen) atoms. The van der Waals surface area contributed by atoms with Crippen LogP contribution in [0, 0.1) is 0 Å². The van der Waals surface area contributed by atoms with Gasteiger partial charge in [0.25, 0.3) is 0 Å². The molecule has 7 heteroatoms. The summed E-state index contributed by atoms with van der Waals surface area (Å²) in [6, 6.07) is 15.7. The average molecular weight is 525 g/mol. The van der Waals surface area contributed by atoms with E-state index in [1.165, 1.54) is 0 Å². The molecule has 0 saturated carbocycles. The van der Waals surface area contributed by atoms with Gasteiger partial charge in [0.15, 0.2) is 0 Å². The number of hydrogen-bond donors (Lipinski definition) is 2. The summed E-state index contributed by atoms with van der Waals surface area (Å²) in [6.07, 6.45) is 4.89. The predicted molar refractivity (Wildman–Crippen MR) is 121 cm³/mol. The third kappa shape index (κ3) is 7.79. The standard InChI is InChI=1S/2C11H11NO2.2CH3.Sn/c2*13-11(14)6-5-8-7-12-10-4-2-1-3-9(8)10;;;/h2*1-4,7,12H,5-6H2,(H,13,14);2*1H3;/q;;;;+2/p-2. The number of carboxylic acids is 2. The Balaban J connectivity index is 0.000000196. The summed E-state index contributed by atoms with van der Waals surface area (Å²) in [5.74, 6) is -2.01. The Morgan fingerprint density at radius 2 is 1.10 bits per heavy atom. The molecule has 0 aliphatic heterocycles. The molecule has 0 atom stereocenters. The second-order valence-corrected chi connectivity index (χ2v) is 9.82. The average Bonchev–Trinajstić information content (AvgIpc) is 3.36. The van der Waals surface area contributed by atoms with Crippen molar-refractivity contribution < 1.29 is 19.8 Å². The summed E-state index contributed by atoms with van der Waals surface area (Å²) in [6.45, 7) is 0. The van der Waals surface area contributed by atoms with Gasteiger partial charge in [-0.25, -0.2) is 0 Å². The number of fused-ring (bicyclic) bond motifs is 2. The first kappa shape index (κ1) is 24.5. The van der Waals surface area contributed by atoms with Gasteiger partial charge in [-0.15, -0.1) is 0 Å². The fraction of sp³-hybridized carbons (Fsp3) is 0.250. The molecule has 6 nitrogen and oxygen atoms in total. The molecule has 0 radical (unpaired) electrons. The van der Waals surface area contributed by atoms with Crippen molar-refractivity contribution in [3.63, 3.8) is 0 Å². The number of carbonyl (C=O) groups excluding carboxylic acids is 2. The molecule has 2 N–H and O–H groups in total. The zero-order valence-electron chi connectivity index (χ0n) is 17.7. The number of benzene rings is 2. The van der Waals surface area contributed by atoms with E-state index in [1.807, 2.05) is 60.9 Å². The Morgan fingerprint density at radius 1 is 0.742 bits per heavy atom. The third-order valence-electron chi connectivity index (χ3n) is 4.55. The van der Waals surface area contributed by atoms with Gasteiger partial charge in [0.2, 0.25) is 0 Å². The number of rotatable bonds is 6. The molecule has 2 aromatic heterocycles. The Morgan fingerprint density at radius 3 is 1.45 bits per heavy atom. The summed E-state index contributed by atoms with van der Waals surface area (Å²) in [4.78, 5) is 31.4. The zero-order valence-corrected chi connectivity index (χ0v) is 20.6. The molecule has 0 aliphatic rings. The van der Waals surface area contributed by atoms with Gasteiger partial charge < -0.3 is 29.8 Å². The van der Waals surface area contributed by atoms with Crippen molar-refractivity contribution in [1.82, 2.24) is 9.97 Å². The van der Waals surface area contributed by atoms with E-state index in [1.54, 1.807) is 0 Å². The van der Waals surface area contributed by atoms with Crippen molar-refractivity contribution in [1.29, 1.82) is 0 Å². The Hall–Kier alpha value is -2.74. The molecule has 0 unspecified atom stereocenters. The molecular weight excluding hydrogens is 499 g/mol. The maximum absolute atomic E-state index is 10.3. The van der Waals surface area contributed by atoms with Crippen LogP contribution in [0.4, 0.5) is 0 Å². The predicted octanol–water partition coefficient (Wildman–Crippen LogP) is 2.49. The van der Waals surface area contributed by atoms with Gasteiger partial charge in [-0.1, -0.05) is 36.4 Å². The Bertz CT molecular complexity index is 1030. The van der Waals surface area contributed by atoms with Crippen molar-refractivity contribution in [3.05, 3.63) is 72.1 Å². The van der Waals surface area contributed by atoms with Gasteiger partial charge in [0, 0.05) is 46.1 Å². The van der Waals surface area contributed by atoms with Crippen LogP contribution in [0.1, 0.15) is 24.0 Å². The molecule has 4 rings (SSSR count). The molecule has 0 amide bonds. The van der Waals surface area contributed by atoms with E-state index < -0.39 is 11.9 Å². The fourth-order valence-electron chi connectivity index (χ4n) is 3.15. The van der Waals surface area contributed by atoms with Crippen LogP contribution in [-0.2, 0) is 22.4 Å². The first-order valence-electron chi connectivity index (χ1n) is 10.0. The number of hydrogen-bond acceptors (Lipinski definition) is 4. The van der Waals surface area contributed by atoms with Crippen molar-refractivity contribution in [2.45, 2.75) is 35.6 Å². The SMILES string of the molecule is O=C([O-])CCc1c[nH]c2ccccc12.O=C([O-])CCc1c[nH]c2ccccc12.[CH3][Sn+2][CH3]. The quantitative estimate of drug-likeness (QED) is 0.377. The molecule has 0 spiro atoms. The molecule has 0 saturated heterocycles. The van der Waals surface area contributed by atoms with Crippen LogP contribution in [0.3, 0.4) is 0 Å². The van der Waals surface area contributed by atoms with Gasteiger partial charge >= 0.3 is 31.0 Å². The molecule has 0 fully saturated rings. The Labute approximate surface area is 191 Å². The molecule has 160 valence electrons. The van der Waals surface area contributed by atoms with Crippen molar-refractivity contribution in [2.24, 2.45) is 0 Å². The molecule has 0 aliphatic carbocycles. The van der Waals surface area contributed by atoms with E-state index >= 15 is 0 Å². The number of aryl methyl sites for hydroxylation is 2.